The molecule has 2 rings (SSSR count). The van der Waals surface area contributed by atoms with E-state index in [0.29, 0.717) is 5.75 Å². The summed E-state index contributed by atoms with van der Waals surface area (Å²) in [5.74, 6) is 1.39. The maximum atomic E-state index is 10.9. The van der Waals surface area contributed by atoms with Crippen molar-refractivity contribution in [3.63, 3.8) is 0 Å². The molecule has 1 heterocycles. The highest BCUT2D eigenvalue weighted by Gasteiger charge is 2.15. The predicted molar refractivity (Wildman–Crippen MR) is 63.9 cm³/mol. The molecule has 1 aliphatic heterocycles. The fourth-order valence-electron chi connectivity index (χ4n) is 1.35. The molecule has 0 unspecified atom stereocenters. The summed E-state index contributed by atoms with van der Waals surface area (Å²) < 4.78 is 0. The van der Waals surface area contributed by atoms with Crippen LogP contribution in [0, 0.1) is 0 Å². The monoisotopic (exact) mass is 220 g/mol. The van der Waals surface area contributed by atoms with Gasteiger partial charge in [0.2, 0.25) is 0 Å². The van der Waals surface area contributed by atoms with E-state index >= 15 is 0 Å². The van der Waals surface area contributed by atoms with Gasteiger partial charge < -0.3 is 5.32 Å². The molecule has 0 saturated carbocycles. The number of amides is 1. The van der Waals surface area contributed by atoms with E-state index in [1.807, 2.05) is 12.1 Å². The van der Waals surface area contributed by atoms with Crippen LogP contribution in [-0.2, 0) is 6.42 Å². The first kappa shape index (κ1) is 10.2. The van der Waals surface area contributed by atoms with Crippen molar-refractivity contribution in [2.24, 2.45) is 4.99 Å². The zero-order chi connectivity index (χ0) is 10.7. The molecule has 0 radical (unpaired) electrons. The lowest BCUT2D eigenvalue weighted by molar-refractivity contribution is 0.265. The molecule has 0 aromatic heterocycles. The number of hydrogen-bond acceptors (Lipinski definition) is 3. The molecular weight excluding hydrogens is 208 g/mol. The Morgan fingerprint density at radius 1 is 1.40 bits per heavy atom. The molecule has 15 heavy (non-hydrogen) atoms. The normalized spacial score (nSPS) is 18.2. The van der Waals surface area contributed by atoms with Crippen LogP contribution in [0.15, 0.2) is 29.3 Å². The molecule has 3 nitrogen and oxygen atoms in total. The Morgan fingerprint density at radius 2 is 2.13 bits per heavy atom. The Balaban J connectivity index is 2.13. The average Bonchev–Trinajstić information content (AvgIpc) is 2.65. The van der Waals surface area contributed by atoms with Gasteiger partial charge in [-0.15, -0.1) is 0 Å². The van der Waals surface area contributed by atoms with Gasteiger partial charge >= 0.3 is 0 Å². The fourth-order valence-corrected chi connectivity index (χ4v) is 1.94. The van der Waals surface area contributed by atoms with Gasteiger partial charge in [0.1, 0.15) is 5.84 Å². The van der Waals surface area contributed by atoms with Gasteiger partial charge in [-0.3, -0.25) is 4.79 Å². The van der Waals surface area contributed by atoms with Crippen molar-refractivity contribution in [3.8, 4) is 0 Å². The van der Waals surface area contributed by atoms with Gasteiger partial charge in [0.15, 0.2) is 0 Å². The summed E-state index contributed by atoms with van der Waals surface area (Å²) in [6, 6.07) is 8.06. The number of nitrogens with one attached hydrogen (secondary N) is 1. The lowest BCUT2D eigenvalue weighted by Gasteiger charge is -1.98. The number of aryl methyl sites for hydroxylation is 1. The Labute approximate surface area is 93.0 Å². The second-order valence-corrected chi connectivity index (χ2v) is 4.23. The molecule has 1 N–H and O–H groups in total. The van der Waals surface area contributed by atoms with E-state index in [1.54, 1.807) is 0 Å². The lowest BCUT2D eigenvalue weighted by Crippen LogP contribution is -2.18. The van der Waals surface area contributed by atoms with Crippen molar-refractivity contribution in [2.45, 2.75) is 13.3 Å². The van der Waals surface area contributed by atoms with Crippen molar-refractivity contribution in [3.05, 3.63) is 29.8 Å². The summed E-state index contributed by atoms with van der Waals surface area (Å²) in [7, 11) is 0. The van der Waals surface area contributed by atoms with Gasteiger partial charge in [-0.2, -0.15) is 0 Å². The minimum atomic E-state index is -0.0149. The maximum absolute atomic E-state index is 10.9. The Morgan fingerprint density at radius 3 is 2.67 bits per heavy atom. The highest BCUT2D eigenvalue weighted by Crippen LogP contribution is 2.16. The number of thioether (sulfide) groups is 1. The van der Waals surface area contributed by atoms with Crippen molar-refractivity contribution in [1.29, 1.82) is 0 Å². The number of carbonyl (C=O) groups excluding carboxylic acids is 1. The van der Waals surface area contributed by atoms with Crippen LogP contribution in [0.4, 0.5) is 10.5 Å². The van der Waals surface area contributed by atoms with Crippen LogP contribution in [0.5, 0.6) is 0 Å². The molecule has 4 heteroatoms. The molecular formula is C11H12N2OS. The fraction of sp³-hybridized carbons (Fsp3) is 0.273. The molecule has 1 amide bonds. The maximum Gasteiger partial charge on any atom is 0.284 e. The highest BCUT2D eigenvalue weighted by atomic mass is 32.2. The number of rotatable bonds is 2. The SMILES string of the molecule is CCc1ccc(N=C2CSC(=O)N2)cc1. The van der Waals surface area contributed by atoms with E-state index in [0.717, 1.165) is 17.9 Å². The Hall–Kier alpha value is -1.29. The number of hydrogen-bond donors (Lipinski definition) is 1. The van der Waals surface area contributed by atoms with E-state index in [4.69, 9.17) is 0 Å². The van der Waals surface area contributed by atoms with Crippen LogP contribution in [0.3, 0.4) is 0 Å². The zero-order valence-electron chi connectivity index (χ0n) is 8.49. The van der Waals surface area contributed by atoms with E-state index in [9.17, 15) is 4.79 Å². The zero-order valence-corrected chi connectivity index (χ0v) is 9.30. The third-order valence-electron chi connectivity index (χ3n) is 2.19. The molecule has 1 aromatic carbocycles. The van der Waals surface area contributed by atoms with Crippen molar-refractivity contribution < 1.29 is 4.79 Å². The summed E-state index contributed by atoms with van der Waals surface area (Å²) in [6.07, 6.45) is 1.03. The van der Waals surface area contributed by atoms with Gasteiger partial charge in [0.25, 0.3) is 5.24 Å². The summed E-state index contributed by atoms with van der Waals surface area (Å²) in [4.78, 5) is 15.3. The quantitative estimate of drug-likeness (QED) is 0.832. The Kier molecular flexibility index (Phi) is 3.06. The standard InChI is InChI=1S/C11H12N2OS/c1-2-8-3-5-9(6-4-8)12-10-7-15-11(14)13-10/h3-6H,2,7H2,1H3,(H,12,13,14). The number of aliphatic imine (C=N–C) groups is 1. The van der Waals surface area contributed by atoms with E-state index in [1.165, 1.54) is 17.3 Å². The van der Waals surface area contributed by atoms with Crippen molar-refractivity contribution in [1.82, 2.24) is 5.32 Å². The summed E-state index contributed by atoms with van der Waals surface area (Å²) in [5, 5.41) is 2.69. The summed E-state index contributed by atoms with van der Waals surface area (Å²) >= 11 is 1.25. The lowest BCUT2D eigenvalue weighted by atomic mass is 10.1. The van der Waals surface area contributed by atoms with Crippen molar-refractivity contribution in [2.75, 3.05) is 5.75 Å². The second-order valence-electron chi connectivity index (χ2n) is 3.28. The van der Waals surface area contributed by atoms with Crippen LogP contribution in [0.2, 0.25) is 0 Å². The van der Waals surface area contributed by atoms with Gasteiger partial charge in [0.05, 0.1) is 11.4 Å². The van der Waals surface area contributed by atoms with Crippen LogP contribution >= 0.6 is 11.8 Å². The number of benzene rings is 1. The second kappa shape index (κ2) is 4.49. The topological polar surface area (TPSA) is 41.5 Å². The summed E-state index contributed by atoms with van der Waals surface area (Å²) in [5.41, 5.74) is 2.19. The summed E-state index contributed by atoms with van der Waals surface area (Å²) in [6.45, 7) is 2.12. The van der Waals surface area contributed by atoms with Gasteiger partial charge in [0, 0.05) is 0 Å². The smallest absolute Gasteiger partial charge is 0.284 e. The van der Waals surface area contributed by atoms with E-state index in [-0.39, 0.29) is 5.24 Å². The first-order valence-electron chi connectivity index (χ1n) is 4.88. The minimum Gasteiger partial charge on any atom is -0.304 e. The highest BCUT2D eigenvalue weighted by molar-refractivity contribution is 8.14. The predicted octanol–water partition coefficient (Wildman–Crippen LogP) is 2.74. The van der Waals surface area contributed by atoms with Crippen LogP contribution < -0.4 is 5.32 Å². The van der Waals surface area contributed by atoms with E-state index < -0.39 is 0 Å². The third-order valence-corrected chi connectivity index (χ3v) is 2.98. The Bertz CT molecular complexity index is 398. The van der Waals surface area contributed by atoms with Crippen LogP contribution in [0.25, 0.3) is 0 Å². The average molecular weight is 220 g/mol. The molecule has 1 aliphatic rings. The number of nitrogens with zero attached hydrogens (tertiary/aromatic N) is 1. The molecule has 78 valence electrons. The minimum absolute atomic E-state index is 0.0149. The third kappa shape index (κ3) is 2.59. The number of amidine groups is 1. The van der Waals surface area contributed by atoms with Crippen LogP contribution in [0.1, 0.15) is 12.5 Å². The van der Waals surface area contributed by atoms with Gasteiger partial charge in [-0.25, -0.2) is 4.99 Å². The van der Waals surface area contributed by atoms with E-state index in [2.05, 4.69) is 29.4 Å². The first-order valence-corrected chi connectivity index (χ1v) is 5.87. The number of carbonyl (C=O) groups is 1. The van der Waals surface area contributed by atoms with Gasteiger partial charge in [-0.05, 0) is 24.1 Å². The molecule has 0 spiro atoms. The molecule has 0 aliphatic carbocycles. The largest absolute Gasteiger partial charge is 0.304 e. The molecule has 1 saturated heterocycles. The van der Waals surface area contributed by atoms with Crippen LogP contribution in [-0.4, -0.2) is 16.8 Å². The molecule has 0 atom stereocenters. The van der Waals surface area contributed by atoms with Gasteiger partial charge in [-0.1, -0.05) is 30.8 Å². The molecule has 1 aromatic rings. The van der Waals surface area contributed by atoms with Crippen molar-refractivity contribution >= 4 is 28.5 Å². The first-order chi connectivity index (χ1) is 7.28. The molecule has 0 bridgehead atoms. The molecule has 1 fully saturated rings.